The fourth-order valence-electron chi connectivity index (χ4n) is 2.38. The molecule has 1 heterocycles. The van der Waals surface area contributed by atoms with Gasteiger partial charge in [0.1, 0.15) is 11.6 Å². The minimum Gasteiger partial charge on any atom is -0.480 e. The molecule has 6 heteroatoms. The van der Waals surface area contributed by atoms with Crippen LogP contribution in [-0.4, -0.2) is 39.5 Å². The molecule has 0 aliphatic carbocycles. The number of rotatable bonds is 5. The van der Waals surface area contributed by atoms with Crippen molar-refractivity contribution in [3.63, 3.8) is 0 Å². The van der Waals surface area contributed by atoms with Gasteiger partial charge >= 0.3 is 12.0 Å². The van der Waals surface area contributed by atoms with E-state index in [1.807, 2.05) is 30.3 Å². The van der Waals surface area contributed by atoms with Crippen LogP contribution in [0.5, 0.6) is 0 Å². The van der Waals surface area contributed by atoms with Crippen LogP contribution in [0.1, 0.15) is 25.8 Å². The first-order valence-corrected chi connectivity index (χ1v) is 6.78. The van der Waals surface area contributed by atoms with E-state index in [0.29, 0.717) is 12.8 Å². The largest absolute Gasteiger partial charge is 0.480 e. The Hall–Kier alpha value is -2.37. The number of carboxylic acid groups (broad SMARTS) is 1. The quantitative estimate of drug-likeness (QED) is 0.803. The number of carbonyl (C=O) groups is 3. The summed E-state index contributed by atoms with van der Waals surface area (Å²) in [6, 6.07) is 7.80. The van der Waals surface area contributed by atoms with E-state index in [9.17, 15) is 14.4 Å². The second-order valence-electron chi connectivity index (χ2n) is 5.44. The zero-order valence-corrected chi connectivity index (χ0v) is 12.0. The molecule has 3 amide bonds. The second-order valence-corrected chi connectivity index (χ2v) is 5.44. The molecule has 6 nitrogen and oxygen atoms in total. The van der Waals surface area contributed by atoms with Gasteiger partial charge in [-0.1, -0.05) is 30.3 Å². The van der Waals surface area contributed by atoms with Crippen LogP contribution in [0.2, 0.25) is 0 Å². The fraction of sp³-hybridized carbons (Fsp3) is 0.400. The summed E-state index contributed by atoms with van der Waals surface area (Å²) < 4.78 is 0. The smallest absolute Gasteiger partial charge is 0.326 e. The Bertz CT molecular complexity index is 572. The van der Waals surface area contributed by atoms with E-state index >= 15 is 0 Å². The van der Waals surface area contributed by atoms with E-state index in [1.165, 1.54) is 6.92 Å². The number of imide groups is 1. The minimum absolute atomic E-state index is 0.421. The maximum absolute atomic E-state index is 12.4. The monoisotopic (exact) mass is 290 g/mol. The van der Waals surface area contributed by atoms with Crippen LogP contribution in [0.15, 0.2) is 30.3 Å². The molecule has 2 N–H and O–H groups in total. The van der Waals surface area contributed by atoms with E-state index in [4.69, 9.17) is 5.11 Å². The lowest BCUT2D eigenvalue weighted by Crippen LogP contribution is -2.47. The molecule has 1 saturated heterocycles. The van der Waals surface area contributed by atoms with Crippen molar-refractivity contribution in [2.75, 3.05) is 0 Å². The number of amides is 3. The van der Waals surface area contributed by atoms with Crippen molar-refractivity contribution in [1.82, 2.24) is 10.2 Å². The highest BCUT2D eigenvalue weighted by atomic mass is 16.4. The average molecular weight is 290 g/mol. The van der Waals surface area contributed by atoms with E-state index in [-0.39, 0.29) is 0 Å². The van der Waals surface area contributed by atoms with Gasteiger partial charge in [-0.3, -0.25) is 4.79 Å². The molecular formula is C15H18N2O4. The molecule has 21 heavy (non-hydrogen) atoms. The Morgan fingerprint density at radius 3 is 2.52 bits per heavy atom. The molecule has 1 aromatic rings. The Morgan fingerprint density at radius 1 is 1.33 bits per heavy atom. The van der Waals surface area contributed by atoms with Gasteiger partial charge in [-0.2, -0.15) is 0 Å². The molecule has 1 aromatic carbocycles. The van der Waals surface area contributed by atoms with Crippen molar-refractivity contribution in [2.45, 2.75) is 38.3 Å². The fourth-order valence-corrected chi connectivity index (χ4v) is 2.38. The molecule has 0 spiro atoms. The van der Waals surface area contributed by atoms with Crippen LogP contribution in [0.3, 0.4) is 0 Å². The van der Waals surface area contributed by atoms with Gasteiger partial charge in [0.2, 0.25) is 0 Å². The SMILES string of the molecule is CC(C(=O)O)N1C(=O)NC(C)(CCc2ccccc2)C1=O. The maximum Gasteiger partial charge on any atom is 0.326 e. The van der Waals surface area contributed by atoms with Crippen molar-refractivity contribution < 1.29 is 19.5 Å². The number of urea groups is 1. The highest BCUT2D eigenvalue weighted by Gasteiger charge is 2.50. The zero-order valence-electron chi connectivity index (χ0n) is 12.0. The van der Waals surface area contributed by atoms with E-state index in [1.54, 1.807) is 6.92 Å². The highest BCUT2D eigenvalue weighted by Crippen LogP contribution is 2.25. The number of hydrogen-bond donors (Lipinski definition) is 2. The summed E-state index contributed by atoms with van der Waals surface area (Å²) in [6.07, 6.45) is 1.04. The van der Waals surface area contributed by atoms with Gasteiger partial charge in [0.05, 0.1) is 0 Å². The van der Waals surface area contributed by atoms with Crippen LogP contribution in [0.4, 0.5) is 4.79 Å². The molecule has 112 valence electrons. The zero-order chi connectivity index (χ0) is 15.6. The van der Waals surface area contributed by atoms with Crippen LogP contribution < -0.4 is 5.32 Å². The van der Waals surface area contributed by atoms with Crippen LogP contribution in [0, 0.1) is 0 Å². The molecule has 0 radical (unpaired) electrons. The number of nitrogens with one attached hydrogen (secondary N) is 1. The summed E-state index contributed by atoms with van der Waals surface area (Å²) in [4.78, 5) is 36.1. The molecule has 0 bridgehead atoms. The Morgan fingerprint density at radius 2 is 1.95 bits per heavy atom. The molecular weight excluding hydrogens is 272 g/mol. The number of carboxylic acids is 1. The minimum atomic E-state index is -1.20. The summed E-state index contributed by atoms with van der Waals surface area (Å²) in [5.41, 5.74) is 0.00176. The third-order valence-corrected chi connectivity index (χ3v) is 3.79. The molecule has 1 aliphatic rings. The third-order valence-electron chi connectivity index (χ3n) is 3.79. The summed E-state index contributed by atoms with van der Waals surface area (Å²) in [6.45, 7) is 2.95. The topological polar surface area (TPSA) is 86.7 Å². The second kappa shape index (κ2) is 5.55. The average Bonchev–Trinajstić information content (AvgIpc) is 2.67. The van der Waals surface area contributed by atoms with E-state index in [0.717, 1.165) is 10.5 Å². The Kier molecular flexibility index (Phi) is 3.97. The van der Waals surface area contributed by atoms with Gasteiger partial charge in [0.15, 0.2) is 0 Å². The van der Waals surface area contributed by atoms with E-state index in [2.05, 4.69) is 5.32 Å². The van der Waals surface area contributed by atoms with Crippen LogP contribution >= 0.6 is 0 Å². The first kappa shape index (κ1) is 15.0. The molecule has 0 saturated carbocycles. The standard InChI is InChI=1S/C15H18N2O4/c1-10(12(18)19)17-13(20)15(2,16-14(17)21)9-8-11-6-4-3-5-7-11/h3-7,10H,8-9H2,1-2H3,(H,16,21)(H,18,19). The maximum atomic E-state index is 12.4. The van der Waals surface area contributed by atoms with Crippen LogP contribution in [-0.2, 0) is 16.0 Å². The lowest BCUT2D eigenvalue weighted by molar-refractivity contribution is -0.147. The van der Waals surface area contributed by atoms with Crippen molar-refractivity contribution in [2.24, 2.45) is 0 Å². The van der Waals surface area contributed by atoms with Gasteiger partial charge < -0.3 is 10.4 Å². The van der Waals surface area contributed by atoms with Gasteiger partial charge in [0.25, 0.3) is 5.91 Å². The van der Waals surface area contributed by atoms with Crippen molar-refractivity contribution in [1.29, 1.82) is 0 Å². The molecule has 2 atom stereocenters. The highest BCUT2D eigenvalue weighted by molar-refractivity contribution is 6.09. The Labute approximate surface area is 122 Å². The number of benzene rings is 1. The number of aryl methyl sites for hydroxylation is 1. The third kappa shape index (κ3) is 2.89. The van der Waals surface area contributed by atoms with Gasteiger partial charge in [0, 0.05) is 0 Å². The van der Waals surface area contributed by atoms with Gasteiger partial charge in [-0.15, -0.1) is 0 Å². The van der Waals surface area contributed by atoms with E-state index < -0.39 is 29.5 Å². The number of aliphatic carboxylic acids is 1. The lowest BCUT2D eigenvalue weighted by Gasteiger charge is -2.23. The van der Waals surface area contributed by atoms with Crippen molar-refractivity contribution >= 4 is 17.9 Å². The van der Waals surface area contributed by atoms with Gasteiger partial charge in [-0.05, 0) is 32.3 Å². The van der Waals surface area contributed by atoms with Gasteiger partial charge in [-0.25, -0.2) is 14.5 Å². The number of carbonyl (C=O) groups excluding carboxylic acids is 2. The Balaban J connectivity index is 2.11. The summed E-state index contributed by atoms with van der Waals surface area (Å²) in [5.74, 6) is -1.69. The first-order chi connectivity index (χ1) is 9.85. The predicted molar refractivity (Wildman–Crippen MR) is 75.6 cm³/mol. The number of hydrogen-bond acceptors (Lipinski definition) is 3. The summed E-state index contributed by atoms with van der Waals surface area (Å²) in [7, 11) is 0. The number of nitrogens with zero attached hydrogens (tertiary/aromatic N) is 1. The normalized spacial score (nSPS) is 23.0. The molecule has 2 rings (SSSR count). The van der Waals surface area contributed by atoms with Crippen molar-refractivity contribution in [3.05, 3.63) is 35.9 Å². The summed E-state index contributed by atoms with van der Waals surface area (Å²) in [5, 5.41) is 11.6. The molecule has 1 fully saturated rings. The first-order valence-electron chi connectivity index (χ1n) is 6.78. The lowest BCUT2D eigenvalue weighted by atomic mass is 9.93. The van der Waals surface area contributed by atoms with Crippen molar-refractivity contribution in [3.8, 4) is 0 Å². The molecule has 1 aliphatic heterocycles. The van der Waals surface area contributed by atoms with Crippen LogP contribution in [0.25, 0.3) is 0 Å². The summed E-state index contributed by atoms with van der Waals surface area (Å²) >= 11 is 0. The predicted octanol–water partition coefficient (Wildman–Crippen LogP) is 1.40. The molecule has 0 aromatic heterocycles. The molecule has 2 unspecified atom stereocenters.